The van der Waals surface area contributed by atoms with Crippen molar-refractivity contribution in [3.63, 3.8) is 0 Å². The van der Waals surface area contributed by atoms with Crippen molar-refractivity contribution in [3.8, 4) is 11.5 Å². The molecule has 0 radical (unpaired) electrons. The zero-order valence-electron chi connectivity index (χ0n) is 10.0. The van der Waals surface area contributed by atoms with Gasteiger partial charge in [0.05, 0.1) is 18.6 Å². The molecular weight excluding hydrogens is 272 g/mol. The highest BCUT2D eigenvalue weighted by molar-refractivity contribution is 7.16. The Balaban J connectivity index is 2.41. The summed E-state index contributed by atoms with van der Waals surface area (Å²) in [5.41, 5.74) is 0.662. The normalized spacial score (nSPS) is 12.2. The molecule has 18 heavy (non-hydrogen) atoms. The molecule has 0 saturated carbocycles. The molecule has 0 aliphatic rings. The van der Waals surface area contributed by atoms with Gasteiger partial charge in [0.25, 0.3) is 0 Å². The van der Waals surface area contributed by atoms with E-state index >= 15 is 0 Å². The average molecular weight is 285 g/mol. The molecule has 0 spiro atoms. The lowest BCUT2D eigenvalue weighted by molar-refractivity contribution is 0.218. The summed E-state index contributed by atoms with van der Waals surface area (Å²) >= 11 is 7.22. The third-order valence-corrected chi connectivity index (χ3v) is 3.88. The van der Waals surface area contributed by atoms with E-state index < -0.39 is 6.10 Å². The van der Waals surface area contributed by atoms with Gasteiger partial charge in [-0.05, 0) is 30.3 Å². The van der Waals surface area contributed by atoms with Crippen molar-refractivity contribution in [2.24, 2.45) is 0 Å². The van der Waals surface area contributed by atoms with Crippen LogP contribution in [-0.2, 0) is 0 Å². The SMILES string of the molecule is COc1ccc(OC)c(C(O)c2ccc(Cl)s2)c1. The molecule has 5 heteroatoms. The zero-order chi connectivity index (χ0) is 13.1. The molecule has 0 bridgehead atoms. The number of hydrogen-bond donors (Lipinski definition) is 1. The van der Waals surface area contributed by atoms with Crippen LogP contribution in [-0.4, -0.2) is 19.3 Å². The summed E-state index contributed by atoms with van der Waals surface area (Å²) < 4.78 is 11.1. The maximum atomic E-state index is 10.4. The molecule has 0 aliphatic heterocycles. The van der Waals surface area contributed by atoms with Crippen LogP contribution < -0.4 is 9.47 Å². The molecule has 1 atom stereocenters. The fraction of sp³-hybridized carbons (Fsp3) is 0.231. The third-order valence-electron chi connectivity index (χ3n) is 2.59. The molecule has 0 fully saturated rings. The molecule has 1 aromatic heterocycles. The van der Waals surface area contributed by atoms with Crippen LogP contribution in [0, 0.1) is 0 Å². The van der Waals surface area contributed by atoms with Gasteiger partial charge in [0, 0.05) is 10.4 Å². The van der Waals surface area contributed by atoms with Crippen molar-refractivity contribution < 1.29 is 14.6 Å². The number of benzene rings is 1. The smallest absolute Gasteiger partial charge is 0.125 e. The molecule has 96 valence electrons. The molecule has 3 nitrogen and oxygen atoms in total. The standard InChI is InChI=1S/C13H13ClO3S/c1-16-8-3-4-10(17-2)9(7-8)13(15)11-5-6-12(14)18-11/h3-7,13,15H,1-2H3. The van der Waals surface area contributed by atoms with Gasteiger partial charge in [0.15, 0.2) is 0 Å². The Morgan fingerprint density at radius 1 is 1.17 bits per heavy atom. The van der Waals surface area contributed by atoms with Gasteiger partial charge in [-0.3, -0.25) is 0 Å². The number of thiophene rings is 1. The van der Waals surface area contributed by atoms with E-state index in [0.717, 1.165) is 4.88 Å². The predicted octanol–water partition coefficient (Wildman–Crippen LogP) is 3.50. The molecule has 1 aromatic carbocycles. The van der Waals surface area contributed by atoms with E-state index in [1.54, 1.807) is 44.6 Å². The summed E-state index contributed by atoms with van der Waals surface area (Å²) in [4.78, 5) is 0.770. The van der Waals surface area contributed by atoms with Gasteiger partial charge < -0.3 is 14.6 Å². The number of aliphatic hydroxyl groups is 1. The Morgan fingerprint density at radius 2 is 1.94 bits per heavy atom. The van der Waals surface area contributed by atoms with E-state index in [1.165, 1.54) is 11.3 Å². The van der Waals surface area contributed by atoms with Gasteiger partial charge in [-0.1, -0.05) is 11.6 Å². The second kappa shape index (κ2) is 5.61. The van der Waals surface area contributed by atoms with Gasteiger partial charge in [0.1, 0.15) is 17.6 Å². The molecule has 0 saturated heterocycles. The van der Waals surface area contributed by atoms with Gasteiger partial charge in [-0.15, -0.1) is 11.3 Å². The Kier molecular flexibility index (Phi) is 4.11. The fourth-order valence-electron chi connectivity index (χ4n) is 1.68. The number of ether oxygens (including phenoxy) is 2. The molecule has 1 N–H and O–H groups in total. The summed E-state index contributed by atoms with van der Waals surface area (Å²) in [6.07, 6.45) is -0.771. The van der Waals surface area contributed by atoms with Gasteiger partial charge in [0.2, 0.25) is 0 Å². The number of aliphatic hydroxyl groups excluding tert-OH is 1. The third kappa shape index (κ3) is 2.61. The average Bonchev–Trinajstić information content (AvgIpc) is 2.83. The summed E-state index contributed by atoms with van der Waals surface area (Å²) in [6.45, 7) is 0. The van der Waals surface area contributed by atoms with Crippen molar-refractivity contribution in [3.05, 3.63) is 45.1 Å². The van der Waals surface area contributed by atoms with Crippen LogP contribution in [0.2, 0.25) is 4.34 Å². The second-order valence-electron chi connectivity index (χ2n) is 3.65. The Labute approximate surface area is 115 Å². The van der Waals surface area contributed by atoms with Crippen molar-refractivity contribution in [1.82, 2.24) is 0 Å². The largest absolute Gasteiger partial charge is 0.497 e. The highest BCUT2D eigenvalue weighted by Gasteiger charge is 2.18. The molecule has 0 aliphatic carbocycles. The number of halogens is 1. The number of methoxy groups -OCH3 is 2. The highest BCUT2D eigenvalue weighted by atomic mass is 35.5. The van der Waals surface area contributed by atoms with Crippen molar-refractivity contribution >= 4 is 22.9 Å². The van der Waals surface area contributed by atoms with E-state index in [2.05, 4.69) is 0 Å². The summed E-state index contributed by atoms with van der Waals surface area (Å²) in [6, 6.07) is 8.88. The van der Waals surface area contributed by atoms with Gasteiger partial charge in [-0.2, -0.15) is 0 Å². The van der Waals surface area contributed by atoms with Crippen LogP contribution in [0.25, 0.3) is 0 Å². The molecule has 2 rings (SSSR count). The second-order valence-corrected chi connectivity index (χ2v) is 5.40. The van der Waals surface area contributed by atoms with E-state index in [1.807, 2.05) is 0 Å². The predicted molar refractivity (Wildman–Crippen MR) is 72.9 cm³/mol. The van der Waals surface area contributed by atoms with Crippen LogP contribution in [0.5, 0.6) is 11.5 Å². The van der Waals surface area contributed by atoms with Crippen molar-refractivity contribution in [2.45, 2.75) is 6.10 Å². The van der Waals surface area contributed by atoms with Crippen LogP contribution in [0.3, 0.4) is 0 Å². The fourth-order valence-corrected chi connectivity index (χ4v) is 2.75. The molecule has 2 aromatic rings. The minimum Gasteiger partial charge on any atom is -0.497 e. The van der Waals surface area contributed by atoms with Crippen molar-refractivity contribution in [2.75, 3.05) is 14.2 Å². The van der Waals surface area contributed by atoms with E-state index in [4.69, 9.17) is 21.1 Å². The first-order chi connectivity index (χ1) is 8.65. The maximum absolute atomic E-state index is 10.4. The van der Waals surface area contributed by atoms with Crippen molar-refractivity contribution in [1.29, 1.82) is 0 Å². The highest BCUT2D eigenvalue weighted by Crippen LogP contribution is 2.36. The Bertz CT molecular complexity index is 539. The minimum atomic E-state index is -0.771. The van der Waals surface area contributed by atoms with E-state index in [9.17, 15) is 5.11 Å². The molecule has 0 amide bonds. The van der Waals surface area contributed by atoms with Gasteiger partial charge >= 0.3 is 0 Å². The lowest BCUT2D eigenvalue weighted by atomic mass is 10.1. The first-order valence-electron chi connectivity index (χ1n) is 5.31. The molecule has 1 unspecified atom stereocenters. The summed E-state index contributed by atoms with van der Waals surface area (Å²) in [5, 5.41) is 10.4. The molecular formula is C13H13ClO3S. The first kappa shape index (κ1) is 13.2. The van der Waals surface area contributed by atoms with E-state index in [0.29, 0.717) is 21.4 Å². The lowest BCUT2D eigenvalue weighted by Gasteiger charge is -2.14. The Morgan fingerprint density at radius 3 is 2.50 bits per heavy atom. The summed E-state index contributed by atoms with van der Waals surface area (Å²) in [5.74, 6) is 1.29. The van der Waals surface area contributed by atoms with Crippen LogP contribution in [0.4, 0.5) is 0 Å². The Hall–Kier alpha value is -1.23. The van der Waals surface area contributed by atoms with Crippen LogP contribution >= 0.6 is 22.9 Å². The van der Waals surface area contributed by atoms with Crippen LogP contribution in [0.15, 0.2) is 30.3 Å². The first-order valence-corrected chi connectivity index (χ1v) is 6.50. The number of rotatable bonds is 4. The monoisotopic (exact) mass is 284 g/mol. The topological polar surface area (TPSA) is 38.7 Å². The summed E-state index contributed by atoms with van der Waals surface area (Å²) in [7, 11) is 3.15. The number of hydrogen-bond acceptors (Lipinski definition) is 4. The zero-order valence-corrected chi connectivity index (χ0v) is 11.6. The minimum absolute atomic E-state index is 0.618. The van der Waals surface area contributed by atoms with Crippen LogP contribution in [0.1, 0.15) is 16.5 Å². The lowest BCUT2D eigenvalue weighted by Crippen LogP contribution is -2.01. The quantitative estimate of drug-likeness (QED) is 0.934. The molecule has 1 heterocycles. The van der Waals surface area contributed by atoms with E-state index in [-0.39, 0.29) is 0 Å². The maximum Gasteiger partial charge on any atom is 0.125 e. The van der Waals surface area contributed by atoms with Gasteiger partial charge in [-0.25, -0.2) is 0 Å².